The maximum absolute atomic E-state index is 5.34. The third kappa shape index (κ3) is 2.36. The van der Waals surface area contributed by atoms with E-state index in [1.54, 1.807) is 0 Å². The Kier molecular flexibility index (Phi) is 3.23. The van der Waals surface area contributed by atoms with Crippen molar-refractivity contribution in [2.75, 3.05) is 13.2 Å². The molecule has 1 aliphatic rings. The summed E-state index contributed by atoms with van der Waals surface area (Å²) in [7, 11) is 1.96. The van der Waals surface area contributed by atoms with E-state index in [-0.39, 0.29) is 0 Å². The maximum atomic E-state index is 5.34. The van der Waals surface area contributed by atoms with Crippen LogP contribution in [0.25, 0.3) is 0 Å². The second-order valence-electron chi connectivity index (χ2n) is 3.86. The molecule has 3 nitrogen and oxygen atoms in total. The summed E-state index contributed by atoms with van der Waals surface area (Å²) < 4.78 is 8.33. The number of aromatic nitrogens is 2. The van der Waals surface area contributed by atoms with E-state index >= 15 is 0 Å². The summed E-state index contributed by atoms with van der Waals surface area (Å²) in [6, 6.07) is 0. The fourth-order valence-corrected chi connectivity index (χ4v) is 2.41. The Bertz CT molecular complexity index is 305. The van der Waals surface area contributed by atoms with Gasteiger partial charge in [0.25, 0.3) is 0 Å². The predicted molar refractivity (Wildman–Crippen MR) is 58.2 cm³/mol. The minimum absolute atomic E-state index is 0.745. The Hall–Kier alpha value is -0.350. The van der Waals surface area contributed by atoms with Crippen LogP contribution in [0.4, 0.5) is 0 Å². The van der Waals surface area contributed by atoms with Crippen LogP contribution in [0.3, 0.4) is 0 Å². The molecule has 0 N–H and O–H groups in total. The summed E-state index contributed by atoms with van der Waals surface area (Å²) in [5.74, 6) is 0.745. The first-order chi connectivity index (χ1) is 6.75. The second-order valence-corrected chi connectivity index (χ2v) is 4.71. The molecule has 0 aromatic carbocycles. The fraction of sp³-hybridized carbons (Fsp3) is 0.700. The highest BCUT2D eigenvalue weighted by atomic mass is 79.9. The van der Waals surface area contributed by atoms with Gasteiger partial charge in [0.15, 0.2) is 0 Å². The maximum Gasteiger partial charge on any atom is 0.0769 e. The largest absolute Gasteiger partial charge is 0.381 e. The lowest BCUT2D eigenvalue weighted by molar-refractivity contribution is 0.0662. The van der Waals surface area contributed by atoms with Gasteiger partial charge in [-0.25, -0.2) is 0 Å². The highest BCUT2D eigenvalue weighted by Crippen LogP contribution is 2.23. The minimum Gasteiger partial charge on any atom is -0.381 e. The predicted octanol–water partition coefficient (Wildman–Crippen LogP) is 2.15. The zero-order valence-electron chi connectivity index (χ0n) is 8.37. The zero-order chi connectivity index (χ0) is 9.97. The molecule has 0 aliphatic carbocycles. The van der Waals surface area contributed by atoms with E-state index in [0.29, 0.717) is 0 Å². The molecular formula is C10H15BrN2O. The molecule has 0 atom stereocenters. The van der Waals surface area contributed by atoms with Crippen LogP contribution in [0.15, 0.2) is 10.7 Å². The lowest BCUT2D eigenvalue weighted by atomic mass is 9.95. The molecule has 78 valence electrons. The molecule has 0 bridgehead atoms. The second kappa shape index (κ2) is 4.45. The molecule has 1 aromatic rings. The number of ether oxygens (including phenoxy) is 1. The van der Waals surface area contributed by atoms with Gasteiger partial charge >= 0.3 is 0 Å². The molecule has 0 radical (unpaired) electrons. The van der Waals surface area contributed by atoms with Crippen molar-refractivity contribution in [3.63, 3.8) is 0 Å². The zero-order valence-corrected chi connectivity index (χ0v) is 9.96. The van der Waals surface area contributed by atoms with Crippen molar-refractivity contribution < 1.29 is 4.74 Å². The van der Waals surface area contributed by atoms with Gasteiger partial charge in [-0.1, -0.05) is 0 Å². The Balaban J connectivity index is 1.98. The van der Waals surface area contributed by atoms with Gasteiger partial charge in [0.1, 0.15) is 0 Å². The molecule has 14 heavy (non-hydrogen) atoms. The first kappa shape index (κ1) is 10.2. The molecule has 1 saturated heterocycles. The van der Waals surface area contributed by atoms with Crippen molar-refractivity contribution in [1.29, 1.82) is 0 Å². The van der Waals surface area contributed by atoms with Gasteiger partial charge in [-0.05, 0) is 41.1 Å². The first-order valence-electron chi connectivity index (χ1n) is 5.01. The molecule has 0 spiro atoms. The van der Waals surface area contributed by atoms with E-state index in [1.807, 2.05) is 17.9 Å². The van der Waals surface area contributed by atoms with Crippen LogP contribution in [-0.2, 0) is 18.2 Å². The van der Waals surface area contributed by atoms with Gasteiger partial charge < -0.3 is 4.74 Å². The molecule has 2 heterocycles. The first-order valence-corrected chi connectivity index (χ1v) is 5.81. The van der Waals surface area contributed by atoms with Gasteiger partial charge in [-0.3, -0.25) is 4.68 Å². The van der Waals surface area contributed by atoms with Crippen LogP contribution in [0.1, 0.15) is 18.5 Å². The SMILES string of the molecule is Cn1cc(Br)c(CC2CCOCC2)n1. The van der Waals surface area contributed by atoms with Crippen molar-refractivity contribution in [1.82, 2.24) is 9.78 Å². The van der Waals surface area contributed by atoms with Crippen molar-refractivity contribution in [3.05, 3.63) is 16.4 Å². The van der Waals surface area contributed by atoms with E-state index in [4.69, 9.17) is 4.74 Å². The van der Waals surface area contributed by atoms with Crippen LogP contribution in [0.2, 0.25) is 0 Å². The average Bonchev–Trinajstić information content (AvgIpc) is 2.47. The van der Waals surface area contributed by atoms with Crippen LogP contribution in [0, 0.1) is 5.92 Å². The summed E-state index contributed by atoms with van der Waals surface area (Å²) in [5.41, 5.74) is 1.18. The summed E-state index contributed by atoms with van der Waals surface area (Å²) >= 11 is 3.53. The van der Waals surface area contributed by atoms with Crippen molar-refractivity contribution >= 4 is 15.9 Å². The van der Waals surface area contributed by atoms with Crippen LogP contribution in [-0.4, -0.2) is 23.0 Å². The number of rotatable bonds is 2. The Morgan fingerprint density at radius 1 is 1.57 bits per heavy atom. The van der Waals surface area contributed by atoms with Crippen molar-refractivity contribution in [3.8, 4) is 0 Å². The monoisotopic (exact) mass is 258 g/mol. The summed E-state index contributed by atoms with van der Waals surface area (Å²) in [6.45, 7) is 1.82. The quantitative estimate of drug-likeness (QED) is 0.813. The van der Waals surface area contributed by atoms with E-state index in [9.17, 15) is 0 Å². The standard InChI is InChI=1S/C10H15BrN2O/c1-13-7-9(11)10(12-13)6-8-2-4-14-5-3-8/h7-8H,2-6H2,1H3. The molecule has 0 amide bonds. The third-order valence-electron chi connectivity index (χ3n) is 2.68. The van der Waals surface area contributed by atoms with Gasteiger partial charge in [-0.2, -0.15) is 5.10 Å². The fourth-order valence-electron chi connectivity index (χ4n) is 1.87. The number of halogens is 1. The van der Waals surface area contributed by atoms with E-state index in [2.05, 4.69) is 21.0 Å². The highest BCUT2D eigenvalue weighted by molar-refractivity contribution is 9.10. The average molecular weight is 259 g/mol. The summed E-state index contributed by atoms with van der Waals surface area (Å²) in [5, 5.41) is 4.43. The molecule has 1 aromatic heterocycles. The molecule has 0 unspecified atom stereocenters. The Labute approximate surface area is 92.6 Å². The van der Waals surface area contributed by atoms with Crippen LogP contribution >= 0.6 is 15.9 Å². The Morgan fingerprint density at radius 2 is 2.29 bits per heavy atom. The molecule has 2 rings (SSSR count). The molecule has 1 fully saturated rings. The lowest BCUT2D eigenvalue weighted by Gasteiger charge is -2.21. The lowest BCUT2D eigenvalue weighted by Crippen LogP contribution is -2.17. The number of nitrogens with zero attached hydrogens (tertiary/aromatic N) is 2. The highest BCUT2D eigenvalue weighted by Gasteiger charge is 2.17. The molecule has 0 saturated carbocycles. The topological polar surface area (TPSA) is 27.1 Å². The summed E-state index contributed by atoms with van der Waals surface area (Å²) in [4.78, 5) is 0. The van der Waals surface area contributed by atoms with Crippen molar-refractivity contribution in [2.24, 2.45) is 13.0 Å². The molecule has 4 heteroatoms. The third-order valence-corrected chi connectivity index (χ3v) is 3.34. The van der Waals surface area contributed by atoms with E-state index in [1.165, 1.54) is 18.5 Å². The number of hydrogen-bond acceptors (Lipinski definition) is 2. The number of hydrogen-bond donors (Lipinski definition) is 0. The van der Waals surface area contributed by atoms with Gasteiger partial charge in [0.2, 0.25) is 0 Å². The molecule has 1 aliphatic heterocycles. The normalized spacial score (nSPS) is 18.7. The van der Waals surface area contributed by atoms with Gasteiger partial charge in [-0.15, -0.1) is 0 Å². The van der Waals surface area contributed by atoms with Crippen LogP contribution in [0.5, 0.6) is 0 Å². The minimum atomic E-state index is 0.745. The van der Waals surface area contributed by atoms with Gasteiger partial charge in [0.05, 0.1) is 10.2 Å². The van der Waals surface area contributed by atoms with E-state index in [0.717, 1.165) is 30.0 Å². The van der Waals surface area contributed by atoms with Crippen LogP contribution < -0.4 is 0 Å². The summed E-state index contributed by atoms with van der Waals surface area (Å²) in [6.07, 6.45) is 5.42. The Morgan fingerprint density at radius 3 is 2.86 bits per heavy atom. The van der Waals surface area contributed by atoms with Crippen molar-refractivity contribution in [2.45, 2.75) is 19.3 Å². The number of aryl methyl sites for hydroxylation is 1. The van der Waals surface area contributed by atoms with Gasteiger partial charge in [0, 0.05) is 26.5 Å². The molecular weight excluding hydrogens is 244 g/mol. The smallest absolute Gasteiger partial charge is 0.0769 e. The van der Waals surface area contributed by atoms with E-state index < -0.39 is 0 Å².